The summed E-state index contributed by atoms with van der Waals surface area (Å²) in [5.74, 6) is -3.78. The molecule has 3 aromatic carbocycles. The van der Waals surface area contributed by atoms with Crippen LogP contribution < -0.4 is 14.5 Å². The van der Waals surface area contributed by atoms with Crippen LogP contribution in [0.1, 0.15) is 31.2 Å². The molecule has 1 N–H and O–H groups in total. The van der Waals surface area contributed by atoms with E-state index in [-0.39, 0.29) is 41.5 Å². The van der Waals surface area contributed by atoms with Crippen LogP contribution in [0.2, 0.25) is 0 Å². The molecule has 2 aliphatic heterocycles. The van der Waals surface area contributed by atoms with E-state index in [1.54, 1.807) is 60.7 Å². The van der Waals surface area contributed by atoms with Gasteiger partial charge in [-0.3, -0.25) is 24.1 Å². The third-order valence-corrected chi connectivity index (χ3v) is 9.84. The van der Waals surface area contributed by atoms with Crippen molar-refractivity contribution in [3.63, 3.8) is 0 Å². The molecule has 3 aromatic rings. The van der Waals surface area contributed by atoms with Crippen LogP contribution in [0.25, 0.3) is 0 Å². The van der Waals surface area contributed by atoms with Crippen LogP contribution in [0.3, 0.4) is 0 Å². The van der Waals surface area contributed by atoms with Crippen molar-refractivity contribution in [1.29, 1.82) is 0 Å². The number of methoxy groups -OCH3 is 1. The molecule has 212 valence electrons. The summed E-state index contributed by atoms with van der Waals surface area (Å²) in [5.41, 5.74) is 1.47. The van der Waals surface area contributed by atoms with Crippen molar-refractivity contribution in [1.82, 2.24) is 0 Å². The van der Waals surface area contributed by atoms with Gasteiger partial charge in [-0.05, 0) is 67.6 Å². The Kier molecular flexibility index (Phi) is 5.87. The van der Waals surface area contributed by atoms with Crippen LogP contribution in [0.15, 0.2) is 90.5 Å². The van der Waals surface area contributed by atoms with Gasteiger partial charge in [-0.2, -0.15) is 0 Å². The molecule has 4 aliphatic rings. The van der Waals surface area contributed by atoms with Crippen LogP contribution in [0.5, 0.6) is 11.5 Å². The van der Waals surface area contributed by atoms with Gasteiger partial charge in [0.15, 0.2) is 11.5 Å². The number of carbonyl (C=O) groups excluding carboxylic acids is 4. The number of hydrogen-bond acceptors (Lipinski definition) is 6. The number of phenols is 1. The summed E-state index contributed by atoms with van der Waals surface area (Å²) in [6, 6.07) is 22.8. The minimum absolute atomic E-state index is 0.0391. The summed E-state index contributed by atoms with van der Waals surface area (Å²) in [6.45, 7) is 1.84. The van der Waals surface area contributed by atoms with Gasteiger partial charge >= 0.3 is 0 Å². The second-order valence-electron chi connectivity index (χ2n) is 11.8. The molecular formula is C34H30N2O6. The van der Waals surface area contributed by atoms with Gasteiger partial charge in [-0.15, -0.1) is 0 Å². The van der Waals surface area contributed by atoms with E-state index < -0.39 is 35.0 Å². The SMILES string of the molecule is COc1cc(C2C3=CCC4C(=O)N(c5ccccc5)C(=O)C4C3CC3C(=O)N(c4ccccc4)C(=O)C32C)ccc1O. The van der Waals surface area contributed by atoms with Crippen LogP contribution in [0, 0.1) is 29.1 Å². The van der Waals surface area contributed by atoms with E-state index >= 15 is 0 Å². The number of para-hydroxylation sites is 2. The Balaban J connectivity index is 1.38. The number of phenolic OH excluding ortho intramolecular Hbond substituents is 1. The molecule has 8 heteroatoms. The first-order chi connectivity index (χ1) is 20.3. The lowest BCUT2D eigenvalue weighted by atomic mass is 9.51. The van der Waals surface area contributed by atoms with E-state index in [4.69, 9.17) is 4.74 Å². The van der Waals surface area contributed by atoms with Crippen molar-refractivity contribution < 1.29 is 29.0 Å². The molecule has 2 saturated heterocycles. The van der Waals surface area contributed by atoms with Crippen LogP contribution in [-0.4, -0.2) is 35.8 Å². The Bertz CT molecular complexity index is 1670. The molecule has 4 amide bonds. The van der Waals surface area contributed by atoms with E-state index in [9.17, 15) is 24.3 Å². The minimum atomic E-state index is -1.16. The lowest BCUT2D eigenvalue weighted by Crippen LogP contribution is -2.48. The van der Waals surface area contributed by atoms with Gasteiger partial charge < -0.3 is 9.84 Å². The summed E-state index contributed by atoms with van der Waals surface area (Å²) >= 11 is 0. The van der Waals surface area contributed by atoms with E-state index in [0.717, 1.165) is 5.57 Å². The second-order valence-corrected chi connectivity index (χ2v) is 11.8. The third kappa shape index (κ3) is 3.47. The number of fused-ring (bicyclic) bond motifs is 4. The Morgan fingerprint density at radius 2 is 1.45 bits per heavy atom. The lowest BCUT2D eigenvalue weighted by molar-refractivity contribution is -0.131. The first-order valence-electron chi connectivity index (χ1n) is 14.2. The number of imide groups is 2. The molecule has 0 radical (unpaired) electrons. The standard InChI is InChI=1S/C34H30N2O6/c1-34-25(31(39)36(33(34)41)21-11-7-4-8-12-21)18-24-22(29(34)19-13-16-26(37)27(17-19)42-2)14-15-23-28(24)32(40)35(30(23)38)20-9-5-3-6-10-20/h3-14,16-17,23-25,28-29,37H,15,18H2,1-2H3. The number of hydrogen-bond donors (Lipinski definition) is 1. The van der Waals surface area contributed by atoms with Crippen molar-refractivity contribution in [2.24, 2.45) is 29.1 Å². The molecule has 6 unspecified atom stereocenters. The van der Waals surface area contributed by atoms with E-state index in [0.29, 0.717) is 23.4 Å². The number of ether oxygens (including phenoxy) is 1. The average Bonchev–Trinajstić information content (AvgIpc) is 3.38. The molecule has 42 heavy (non-hydrogen) atoms. The summed E-state index contributed by atoms with van der Waals surface area (Å²) < 4.78 is 5.42. The van der Waals surface area contributed by atoms with Gasteiger partial charge in [0.1, 0.15) is 0 Å². The molecule has 0 aromatic heterocycles. The number of aromatic hydroxyl groups is 1. The lowest BCUT2D eigenvalue weighted by Gasteiger charge is -2.49. The first kappa shape index (κ1) is 26.2. The zero-order valence-corrected chi connectivity index (χ0v) is 23.3. The summed E-state index contributed by atoms with van der Waals surface area (Å²) in [6.07, 6.45) is 2.66. The molecule has 2 heterocycles. The Labute approximate surface area is 243 Å². The Morgan fingerprint density at radius 1 is 0.810 bits per heavy atom. The maximum Gasteiger partial charge on any atom is 0.241 e. The van der Waals surface area contributed by atoms with Gasteiger partial charge in [0.05, 0.1) is 41.7 Å². The number of amides is 4. The van der Waals surface area contributed by atoms with Crippen LogP contribution in [-0.2, 0) is 19.2 Å². The third-order valence-electron chi connectivity index (χ3n) is 9.84. The molecule has 3 fully saturated rings. The predicted molar refractivity (Wildman–Crippen MR) is 155 cm³/mol. The van der Waals surface area contributed by atoms with E-state index in [1.165, 1.54) is 23.0 Å². The summed E-state index contributed by atoms with van der Waals surface area (Å²) in [7, 11) is 1.46. The molecule has 0 bridgehead atoms. The van der Waals surface area contributed by atoms with Gasteiger partial charge in [-0.25, -0.2) is 4.90 Å². The fourth-order valence-electron chi connectivity index (χ4n) is 7.92. The van der Waals surface area contributed by atoms with Crippen molar-refractivity contribution in [2.75, 3.05) is 16.9 Å². The molecule has 1 saturated carbocycles. The minimum Gasteiger partial charge on any atom is -0.504 e. The second kappa shape index (κ2) is 9.41. The van der Waals surface area contributed by atoms with Gasteiger partial charge in [0.2, 0.25) is 23.6 Å². The van der Waals surface area contributed by atoms with Gasteiger partial charge in [0, 0.05) is 5.92 Å². The highest BCUT2D eigenvalue weighted by Crippen LogP contribution is 2.64. The molecule has 8 nitrogen and oxygen atoms in total. The molecule has 6 atom stereocenters. The van der Waals surface area contributed by atoms with Crippen molar-refractivity contribution in [3.05, 3.63) is 96.1 Å². The molecule has 2 aliphatic carbocycles. The van der Waals surface area contributed by atoms with Crippen LogP contribution >= 0.6 is 0 Å². The largest absolute Gasteiger partial charge is 0.504 e. The van der Waals surface area contributed by atoms with Crippen molar-refractivity contribution in [2.45, 2.75) is 25.7 Å². The highest BCUT2D eigenvalue weighted by Gasteiger charge is 2.67. The Morgan fingerprint density at radius 3 is 2.10 bits per heavy atom. The van der Waals surface area contributed by atoms with Gasteiger partial charge in [-0.1, -0.05) is 54.1 Å². The number of anilines is 2. The fourth-order valence-corrected chi connectivity index (χ4v) is 7.92. The number of rotatable bonds is 4. The number of allylic oxidation sites excluding steroid dienone is 2. The zero-order chi connectivity index (χ0) is 29.3. The monoisotopic (exact) mass is 562 g/mol. The topological polar surface area (TPSA) is 104 Å². The fraction of sp³-hybridized carbons (Fsp3) is 0.294. The Hall–Kier alpha value is -4.72. The maximum absolute atomic E-state index is 14.4. The maximum atomic E-state index is 14.4. The predicted octanol–water partition coefficient (Wildman–Crippen LogP) is 4.84. The number of benzene rings is 3. The van der Waals surface area contributed by atoms with Crippen molar-refractivity contribution >= 4 is 35.0 Å². The first-order valence-corrected chi connectivity index (χ1v) is 14.2. The number of carbonyl (C=O) groups is 4. The summed E-state index contributed by atoms with van der Waals surface area (Å²) in [5, 5.41) is 10.4. The normalized spacial score (nSPS) is 30.1. The number of nitrogens with zero attached hydrogens (tertiary/aromatic N) is 2. The zero-order valence-electron chi connectivity index (χ0n) is 23.3. The molecule has 0 spiro atoms. The molecular weight excluding hydrogens is 532 g/mol. The highest BCUT2D eigenvalue weighted by molar-refractivity contribution is 6.25. The van der Waals surface area contributed by atoms with Crippen molar-refractivity contribution in [3.8, 4) is 11.5 Å². The average molecular weight is 563 g/mol. The summed E-state index contributed by atoms with van der Waals surface area (Å²) in [4.78, 5) is 58.8. The quantitative estimate of drug-likeness (QED) is 0.361. The highest BCUT2D eigenvalue weighted by atomic mass is 16.5. The smallest absolute Gasteiger partial charge is 0.241 e. The van der Waals surface area contributed by atoms with Crippen LogP contribution in [0.4, 0.5) is 11.4 Å². The molecule has 7 rings (SSSR count). The van der Waals surface area contributed by atoms with E-state index in [2.05, 4.69) is 0 Å². The van der Waals surface area contributed by atoms with E-state index in [1.807, 2.05) is 25.1 Å². The van der Waals surface area contributed by atoms with Gasteiger partial charge in [0.25, 0.3) is 0 Å².